The summed E-state index contributed by atoms with van der Waals surface area (Å²) >= 11 is 0. The molecule has 0 bridgehead atoms. The van der Waals surface area contributed by atoms with Gasteiger partial charge in [-0.05, 0) is 44.7 Å². The third kappa shape index (κ3) is 3.98. The molecular formula is C17H21F2N5O2. The summed E-state index contributed by atoms with van der Waals surface area (Å²) in [5.74, 6) is 2.28. The average molecular weight is 365 g/mol. The minimum Gasteiger partial charge on any atom is -0.339 e. The maximum atomic E-state index is 12.6. The van der Waals surface area contributed by atoms with E-state index >= 15 is 0 Å². The summed E-state index contributed by atoms with van der Waals surface area (Å²) in [4.78, 5) is 22.3. The number of hydrogen-bond acceptors (Lipinski definition) is 6. The molecule has 2 aromatic rings. The highest BCUT2D eigenvalue weighted by atomic mass is 19.3. The van der Waals surface area contributed by atoms with Gasteiger partial charge < -0.3 is 4.52 Å². The lowest BCUT2D eigenvalue weighted by Crippen LogP contribution is -2.36. The van der Waals surface area contributed by atoms with Crippen LogP contribution in [0.4, 0.5) is 8.78 Å². The Morgan fingerprint density at radius 3 is 2.65 bits per heavy atom. The van der Waals surface area contributed by atoms with Crippen molar-refractivity contribution < 1.29 is 13.3 Å². The third-order valence-electron chi connectivity index (χ3n) is 5.06. The molecule has 4 rings (SSSR count). The second kappa shape index (κ2) is 7.22. The molecule has 0 N–H and O–H groups in total. The number of halogens is 2. The van der Waals surface area contributed by atoms with Gasteiger partial charge in [0.2, 0.25) is 5.89 Å². The molecule has 2 fully saturated rings. The summed E-state index contributed by atoms with van der Waals surface area (Å²) in [7, 11) is 0. The van der Waals surface area contributed by atoms with E-state index in [4.69, 9.17) is 4.52 Å². The molecule has 0 amide bonds. The monoisotopic (exact) mass is 365 g/mol. The number of hydrogen-bond donors (Lipinski definition) is 0. The predicted octanol–water partition coefficient (Wildman–Crippen LogP) is 2.35. The highest BCUT2D eigenvalue weighted by molar-refractivity contribution is 5.02. The van der Waals surface area contributed by atoms with Crippen molar-refractivity contribution in [2.24, 2.45) is 5.92 Å². The van der Waals surface area contributed by atoms with Crippen molar-refractivity contribution >= 4 is 0 Å². The summed E-state index contributed by atoms with van der Waals surface area (Å²) < 4.78 is 31.9. The maximum absolute atomic E-state index is 12.6. The van der Waals surface area contributed by atoms with Crippen LogP contribution in [0, 0.1) is 5.92 Å². The minimum atomic E-state index is -2.72. The SMILES string of the molecule is O=c1cc(C(F)F)ncn1CC1CCN(Cc2noc(C3CC3)n2)CC1. The fourth-order valence-electron chi connectivity index (χ4n) is 3.33. The first-order valence-corrected chi connectivity index (χ1v) is 8.98. The van der Waals surface area contributed by atoms with Gasteiger partial charge in [0, 0.05) is 18.5 Å². The van der Waals surface area contributed by atoms with E-state index in [0.717, 1.165) is 56.6 Å². The van der Waals surface area contributed by atoms with Crippen molar-refractivity contribution in [3.8, 4) is 0 Å². The van der Waals surface area contributed by atoms with Gasteiger partial charge >= 0.3 is 0 Å². The van der Waals surface area contributed by atoms with Gasteiger partial charge in [0.05, 0.1) is 12.9 Å². The maximum Gasteiger partial charge on any atom is 0.280 e. The molecule has 1 aliphatic heterocycles. The highest BCUT2D eigenvalue weighted by Crippen LogP contribution is 2.38. The number of likely N-dealkylation sites (tertiary alicyclic amines) is 1. The van der Waals surface area contributed by atoms with Gasteiger partial charge in [0.25, 0.3) is 12.0 Å². The zero-order valence-electron chi connectivity index (χ0n) is 14.4. The minimum absolute atomic E-state index is 0.329. The van der Waals surface area contributed by atoms with Crippen LogP contribution in [-0.4, -0.2) is 37.7 Å². The van der Waals surface area contributed by atoms with Crippen LogP contribution in [0.5, 0.6) is 0 Å². The van der Waals surface area contributed by atoms with Crippen LogP contribution in [0.2, 0.25) is 0 Å². The molecule has 0 radical (unpaired) electrons. The van der Waals surface area contributed by atoms with Gasteiger partial charge in [-0.25, -0.2) is 13.8 Å². The number of rotatable bonds is 6. The predicted molar refractivity (Wildman–Crippen MR) is 87.7 cm³/mol. The third-order valence-corrected chi connectivity index (χ3v) is 5.06. The van der Waals surface area contributed by atoms with Crippen LogP contribution < -0.4 is 5.56 Å². The van der Waals surface area contributed by atoms with Gasteiger partial charge in [0.1, 0.15) is 5.69 Å². The highest BCUT2D eigenvalue weighted by Gasteiger charge is 2.30. The van der Waals surface area contributed by atoms with Gasteiger partial charge in [-0.15, -0.1) is 0 Å². The lowest BCUT2D eigenvalue weighted by Gasteiger charge is -2.31. The van der Waals surface area contributed by atoms with Crippen LogP contribution in [-0.2, 0) is 13.1 Å². The molecule has 0 unspecified atom stereocenters. The lowest BCUT2D eigenvalue weighted by molar-refractivity contribution is 0.144. The van der Waals surface area contributed by atoms with Gasteiger partial charge in [-0.2, -0.15) is 4.98 Å². The fourth-order valence-corrected chi connectivity index (χ4v) is 3.33. The Labute approximate surface area is 149 Å². The zero-order chi connectivity index (χ0) is 18.1. The molecule has 0 aromatic carbocycles. The van der Waals surface area contributed by atoms with Crippen molar-refractivity contribution in [2.75, 3.05) is 13.1 Å². The molecule has 1 aliphatic carbocycles. The summed E-state index contributed by atoms with van der Waals surface area (Å²) in [5.41, 5.74) is -0.885. The smallest absolute Gasteiger partial charge is 0.280 e. The summed E-state index contributed by atoms with van der Waals surface area (Å²) in [6.45, 7) is 2.95. The Bertz CT molecular complexity index is 809. The Morgan fingerprint density at radius 1 is 1.23 bits per heavy atom. The molecule has 0 atom stereocenters. The summed E-state index contributed by atoms with van der Waals surface area (Å²) in [6.07, 6.45) is 2.65. The Balaban J connectivity index is 1.28. The van der Waals surface area contributed by atoms with Gasteiger partial charge in [-0.3, -0.25) is 14.3 Å². The molecule has 140 valence electrons. The number of nitrogens with zero attached hydrogens (tertiary/aromatic N) is 5. The first kappa shape index (κ1) is 17.3. The average Bonchev–Trinajstić information content (AvgIpc) is 3.38. The van der Waals surface area contributed by atoms with Crippen molar-refractivity contribution in [3.05, 3.63) is 40.2 Å². The summed E-state index contributed by atoms with van der Waals surface area (Å²) in [5, 5.41) is 4.05. The van der Waals surface area contributed by atoms with E-state index in [0.29, 0.717) is 24.9 Å². The molecule has 7 nitrogen and oxygen atoms in total. The van der Waals surface area contributed by atoms with E-state index in [1.807, 2.05) is 0 Å². The molecule has 2 aromatic heterocycles. The van der Waals surface area contributed by atoms with E-state index in [1.165, 1.54) is 10.9 Å². The molecule has 9 heteroatoms. The number of piperidine rings is 1. The quantitative estimate of drug-likeness (QED) is 0.782. The summed E-state index contributed by atoms with van der Waals surface area (Å²) in [6, 6.07) is 0.924. The zero-order valence-corrected chi connectivity index (χ0v) is 14.4. The molecule has 2 aliphatic rings. The second-order valence-electron chi connectivity index (χ2n) is 7.15. The normalized spacial score (nSPS) is 19.3. The van der Waals surface area contributed by atoms with Crippen LogP contribution in [0.3, 0.4) is 0 Å². The first-order chi connectivity index (χ1) is 12.6. The Kier molecular flexibility index (Phi) is 4.80. The molecule has 0 spiro atoms. The van der Waals surface area contributed by atoms with Gasteiger partial charge in [0.15, 0.2) is 5.82 Å². The lowest BCUT2D eigenvalue weighted by atomic mass is 9.96. The van der Waals surface area contributed by atoms with E-state index in [2.05, 4.69) is 20.0 Å². The van der Waals surface area contributed by atoms with Crippen molar-refractivity contribution in [1.29, 1.82) is 0 Å². The van der Waals surface area contributed by atoms with Crippen LogP contribution in [0.1, 0.15) is 55.4 Å². The number of alkyl halides is 2. The number of aromatic nitrogens is 4. The topological polar surface area (TPSA) is 77.0 Å². The second-order valence-corrected chi connectivity index (χ2v) is 7.15. The van der Waals surface area contributed by atoms with E-state index in [-0.39, 0.29) is 0 Å². The van der Waals surface area contributed by atoms with E-state index in [1.54, 1.807) is 0 Å². The van der Waals surface area contributed by atoms with Crippen LogP contribution in [0.25, 0.3) is 0 Å². The largest absolute Gasteiger partial charge is 0.339 e. The van der Waals surface area contributed by atoms with Crippen molar-refractivity contribution in [3.63, 3.8) is 0 Å². The van der Waals surface area contributed by atoms with Crippen molar-refractivity contribution in [2.45, 2.75) is 51.1 Å². The molecular weight excluding hydrogens is 344 g/mol. The van der Waals surface area contributed by atoms with E-state index < -0.39 is 17.7 Å². The van der Waals surface area contributed by atoms with Gasteiger partial charge in [-0.1, -0.05) is 5.16 Å². The first-order valence-electron chi connectivity index (χ1n) is 8.98. The standard InChI is InChI=1S/C17H21F2N5O2/c18-16(19)13-7-15(25)24(10-20-13)8-11-3-5-23(6-4-11)9-14-21-17(26-22-14)12-1-2-12/h7,10-12,16H,1-6,8-9H2. The molecule has 26 heavy (non-hydrogen) atoms. The van der Waals surface area contributed by atoms with E-state index in [9.17, 15) is 13.6 Å². The Morgan fingerprint density at radius 2 is 2.00 bits per heavy atom. The molecule has 1 saturated heterocycles. The fraction of sp³-hybridized carbons (Fsp3) is 0.647. The van der Waals surface area contributed by atoms with Crippen molar-refractivity contribution in [1.82, 2.24) is 24.6 Å². The molecule has 3 heterocycles. The van der Waals surface area contributed by atoms with Crippen LogP contribution in [0.15, 0.2) is 21.7 Å². The van der Waals surface area contributed by atoms with Crippen LogP contribution >= 0.6 is 0 Å². The molecule has 1 saturated carbocycles. The Hall–Kier alpha value is -2.16.